The smallest absolute Gasteiger partial charge is 0.198 e. The number of hydrogen-bond donors (Lipinski definition) is 3. The highest BCUT2D eigenvalue weighted by Crippen LogP contribution is 2.37. The van der Waals surface area contributed by atoms with Gasteiger partial charge in [0.1, 0.15) is 6.17 Å². The van der Waals surface area contributed by atoms with Gasteiger partial charge in [-0.2, -0.15) is 10.0 Å². The molecule has 4 rings (SSSR count). The minimum atomic E-state index is -0.0681. The van der Waals surface area contributed by atoms with E-state index in [4.69, 9.17) is 15.7 Å². The van der Waals surface area contributed by atoms with E-state index in [9.17, 15) is 0 Å². The largest absolute Gasteiger partial charge is 0.369 e. The molecule has 1 saturated heterocycles. The zero-order valence-corrected chi connectivity index (χ0v) is 14.9. The van der Waals surface area contributed by atoms with Crippen LogP contribution in [0, 0.1) is 5.92 Å². The number of amidine groups is 1. The van der Waals surface area contributed by atoms with Crippen LogP contribution in [-0.4, -0.2) is 52.5 Å². The summed E-state index contributed by atoms with van der Waals surface area (Å²) >= 11 is 0. The van der Waals surface area contributed by atoms with Gasteiger partial charge >= 0.3 is 0 Å². The van der Waals surface area contributed by atoms with Gasteiger partial charge in [-0.15, -0.1) is 0 Å². The molecule has 1 aromatic rings. The molecule has 2 aliphatic heterocycles. The Kier molecular flexibility index (Phi) is 4.25. The molecule has 1 aliphatic carbocycles. The van der Waals surface area contributed by atoms with Crippen LogP contribution in [-0.2, 0) is 0 Å². The number of aromatic nitrogens is 1. The van der Waals surface area contributed by atoms with Crippen molar-refractivity contribution in [3.63, 3.8) is 0 Å². The molecule has 25 heavy (non-hydrogen) atoms. The summed E-state index contributed by atoms with van der Waals surface area (Å²) in [5.74, 6) is 1.88. The van der Waals surface area contributed by atoms with Crippen LogP contribution in [0.3, 0.4) is 0 Å². The van der Waals surface area contributed by atoms with E-state index in [0.717, 1.165) is 25.1 Å². The molecule has 1 unspecified atom stereocenters. The molecular formula is C18H27N7. The number of likely N-dealkylation sites (tertiary alicyclic amines) is 1. The first kappa shape index (κ1) is 16.2. The van der Waals surface area contributed by atoms with Crippen molar-refractivity contribution in [3.8, 4) is 0 Å². The Balaban J connectivity index is 1.62. The molecule has 4 N–H and O–H groups in total. The maximum atomic E-state index is 6.31. The summed E-state index contributed by atoms with van der Waals surface area (Å²) in [6, 6.07) is 4.37. The van der Waals surface area contributed by atoms with Gasteiger partial charge in [-0.1, -0.05) is 0 Å². The second-order valence-electron chi connectivity index (χ2n) is 7.22. The number of nitrogens with zero attached hydrogens (tertiary/aromatic N) is 4. The lowest BCUT2D eigenvalue weighted by Crippen LogP contribution is -2.40. The molecule has 3 aliphatic rings. The third-order valence-corrected chi connectivity index (χ3v) is 5.21. The van der Waals surface area contributed by atoms with Gasteiger partial charge < -0.3 is 21.0 Å². The molecule has 2 atom stereocenters. The molecule has 0 radical (unpaired) electrons. The molecule has 0 aromatic carbocycles. The predicted octanol–water partition coefficient (Wildman–Crippen LogP) is 1.63. The van der Waals surface area contributed by atoms with Gasteiger partial charge in [-0.05, 0) is 56.7 Å². The fourth-order valence-corrected chi connectivity index (χ4v) is 3.52. The first-order chi connectivity index (χ1) is 12.1. The van der Waals surface area contributed by atoms with E-state index in [2.05, 4.69) is 28.3 Å². The number of rotatable bonds is 3. The minimum absolute atomic E-state index is 0.0681. The van der Waals surface area contributed by atoms with E-state index >= 15 is 0 Å². The number of nitrogens with one attached hydrogen (secondary N) is 2. The quantitative estimate of drug-likeness (QED) is 0.576. The summed E-state index contributed by atoms with van der Waals surface area (Å²) < 4.78 is 0. The molecule has 134 valence electrons. The fourth-order valence-electron chi connectivity index (χ4n) is 3.52. The van der Waals surface area contributed by atoms with Crippen LogP contribution < -0.4 is 11.2 Å². The van der Waals surface area contributed by atoms with Gasteiger partial charge in [0, 0.05) is 31.5 Å². The topological polar surface area (TPSA) is 85.0 Å². The van der Waals surface area contributed by atoms with Gasteiger partial charge in [0.2, 0.25) is 0 Å². The number of likely N-dealkylation sites (N-methyl/N-ethyl adjacent to an activating group) is 1. The van der Waals surface area contributed by atoms with Crippen molar-refractivity contribution in [3.05, 3.63) is 35.8 Å². The van der Waals surface area contributed by atoms with Crippen molar-refractivity contribution < 1.29 is 0 Å². The van der Waals surface area contributed by atoms with E-state index in [1.54, 1.807) is 0 Å². The molecule has 0 amide bonds. The number of hydrogen-bond acceptors (Lipinski definition) is 3. The van der Waals surface area contributed by atoms with E-state index in [1.165, 1.54) is 18.5 Å². The Hall–Kier alpha value is -2.28. The Morgan fingerprint density at radius 2 is 2.16 bits per heavy atom. The summed E-state index contributed by atoms with van der Waals surface area (Å²) in [6.07, 6.45) is 8.88. The van der Waals surface area contributed by atoms with Gasteiger partial charge in [0.05, 0.1) is 5.69 Å². The molecular weight excluding hydrogens is 314 g/mol. The first-order valence-electron chi connectivity index (χ1n) is 9.15. The average molecular weight is 341 g/mol. The van der Waals surface area contributed by atoms with Gasteiger partial charge in [0.25, 0.3) is 0 Å². The lowest BCUT2D eigenvalue weighted by atomic mass is 10.2. The van der Waals surface area contributed by atoms with Crippen LogP contribution in [0.15, 0.2) is 40.1 Å². The number of hydrazine groups is 1. The van der Waals surface area contributed by atoms with Crippen LogP contribution in [0.25, 0.3) is 0 Å². The summed E-state index contributed by atoms with van der Waals surface area (Å²) in [7, 11) is 2.02. The predicted molar refractivity (Wildman–Crippen MR) is 99.8 cm³/mol. The van der Waals surface area contributed by atoms with Crippen molar-refractivity contribution >= 4 is 11.8 Å². The van der Waals surface area contributed by atoms with Crippen molar-refractivity contribution in [1.29, 1.82) is 0 Å². The highest BCUT2D eigenvalue weighted by molar-refractivity contribution is 6.04. The number of H-pyrrole nitrogens is 1. The number of allylic oxidation sites excluding steroid dienone is 1. The van der Waals surface area contributed by atoms with Crippen molar-refractivity contribution in [2.45, 2.75) is 44.8 Å². The third-order valence-electron chi connectivity index (χ3n) is 5.21. The molecule has 1 aromatic heterocycles. The Morgan fingerprint density at radius 1 is 1.32 bits per heavy atom. The van der Waals surface area contributed by atoms with Crippen molar-refractivity contribution in [2.24, 2.45) is 21.6 Å². The zero-order valence-electron chi connectivity index (χ0n) is 14.9. The highest BCUT2D eigenvalue weighted by Gasteiger charge is 2.32. The minimum Gasteiger partial charge on any atom is -0.369 e. The fraction of sp³-hybridized carbons (Fsp3) is 0.556. The first-order valence-corrected chi connectivity index (χ1v) is 9.15. The third kappa shape index (κ3) is 3.42. The molecule has 3 heterocycles. The monoisotopic (exact) mass is 341 g/mol. The summed E-state index contributed by atoms with van der Waals surface area (Å²) in [6.45, 7) is 3.16. The Morgan fingerprint density at radius 3 is 2.80 bits per heavy atom. The van der Waals surface area contributed by atoms with Gasteiger partial charge in [-0.25, -0.2) is 4.99 Å². The summed E-state index contributed by atoms with van der Waals surface area (Å²) in [5.41, 5.74) is 11.9. The standard InChI is InChI=1S/C18H27N7/c1-12-5-4-10-25(12)18(19)22-17(14-6-3-9-20-14)21-16-11-15(13-7-8-13)23-24(16)2/h3,6,9,11-13,16,20,23H,4-5,7-8,10H2,1-2H3,(H2,19,21,22)/t12-,16?/m0/s1. The number of aromatic amines is 1. The second kappa shape index (κ2) is 6.55. The Bertz CT molecular complexity index is 699. The SMILES string of the molecule is C[C@H]1CCCN1C(N)=N/C(=N\C1C=C(C2CC2)NN1C)c1ccc[nH]1. The number of guanidine groups is 1. The van der Waals surface area contributed by atoms with E-state index in [-0.39, 0.29) is 6.17 Å². The van der Waals surface area contributed by atoms with E-state index in [0.29, 0.717) is 23.8 Å². The van der Waals surface area contributed by atoms with E-state index in [1.807, 2.05) is 30.4 Å². The van der Waals surface area contributed by atoms with Crippen LogP contribution >= 0.6 is 0 Å². The molecule has 7 nitrogen and oxygen atoms in total. The van der Waals surface area contributed by atoms with Crippen molar-refractivity contribution in [2.75, 3.05) is 13.6 Å². The zero-order chi connectivity index (χ0) is 17.4. The van der Waals surface area contributed by atoms with E-state index < -0.39 is 0 Å². The lowest BCUT2D eigenvalue weighted by molar-refractivity contribution is 0.249. The maximum Gasteiger partial charge on any atom is 0.198 e. The summed E-state index contributed by atoms with van der Waals surface area (Å²) in [4.78, 5) is 14.9. The van der Waals surface area contributed by atoms with Crippen LogP contribution in [0.4, 0.5) is 0 Å². The van der Waals surface area contributed by atoms with Crippen molar-refractivity contribution in [1.82, 2.24) is 20.3 Å². The van der Waals surface area contributed by atoms with Crippen LogP contribution in [0.5, 0.6) is 0 Å². The molecule has 0 bridgehead atoms. The van der Waals surface area contributed by atoms with Crippen LogP contribution in [0.2, 0.25) is 0 Å². The second-order valence-corrected chi connectivity index (χ2v) is 7.22. The summed E-state index contributed by atoms with van der Waals surface area (Å²) in [5, 5.41) is 2.03. The van der Waals surface area contributed by atoms with Gasteiger partial charge in [0.15, 0.2) is 11.8 Å². The highest BCUT2D eigenvalue weighted by atomic mass is 15.6. The number of aliphatic imine (C=N–C) groups is 2. The Labute approximate surface area is 148 Å². The number of nitrogens with two attached hydrogens (primary N) is 1. The molecule has 7 heteroatoms. The average Bonchev–Trinajstić information content (AvgIpc) is 2.97. The lowest BCUT2D eigenvalue weighted by Gasteiger charge is -2.22. The molecule has 0 spiro atoms. The normalized spacial score (nSPS) is 28.4. The van der Waals surface area contributed by atoms with Crippen LogP contribution in [0.1, 0.15) is 38.3 Å². The maximum absolute atomic E-state index is 6.31. The van der Waals surface area contributed by atoms with Gasteiger partial charge in [-0.3, -0.25) is 0 Å². The molecule has 2 fully saturated rings. The molecule has 1 saturated carbocycles.